The second kappa shape index (κ2) is 26.2. The summed E-state index contributed by atoms with van der Waals surface area (Å²) in [6.45, 7) is 0. The van der Waals surface area contributed by atoms with Crippen LogP contribution in [0.15, 0.2) is 0 Å². The van der Waals surface area contributed by atoms with Gasteiger partial charge >= 0.3 is 27.5 Å². The second-order valence-corrected chi connectivity index (χ2v) is 0. The Morgan fingerprint density at radius 2 is 1.25 bits per heavy atom. The van der Waals surface area contributed by atoms with Crippen molar-refractivity contribution in [2.75, 3.05) is 0 Å². The van der Waals surface area contributed by atoms with Crippen LogP contribution in [0.5, 0.6) is 0 Å². The first-order chi connectivity index (χ1) is 2.00. The van der Waals surface area contributed by atoms with Crippen molar-refractivity contribution < 1.29 is 2.81 Å². The van der Waals surface area contributed by atoms with Gasteiger partial charge in [0.05, 0.1) is 0 Å². The quantitative estimate of drug-likeness (QED) is 0.365. The van der Waals surface area contributed by atoms with Crippen LogP contribution in [-0.2, 0) is 2.81 Å². The van der Waals surface area contributed by atoms with Crippen LogP contribution >= 0.6 is 23.3 Å². The molecule has 4 heteroatoms. The molecule has 0 spiro atoms. The number of hydrogen-bond donors (Lipinski definition) is 2. The van der Waals surface area contributed by atoms with E-state index in [1.807, 2.05) is 0 Å². The van der Waals surface area contributed by atoms with Gasteiger partial charge in [0.25, 0.3) is 0 Å². The van der Waals surface area contributed by atoms with Crippen LogP contribution in [-0.4, -0.2) is 24.7 Å². The molecule has 0 bridgehead atoms. The number of thiol groups is 2. The van der Waals surface area contributed by atoms with E-state index in [0.29, 0.717) is 0 Å². The van der Waals surface area contributed by atoms with Crippen molar-refractivity contribution in [2.24, 2.45) is 0 Å². The van der Waals surface area contributed by atoms with Gasteiger partial charge in [-0.05, 0) is 0 Å². The first-order valence-electron chi connectivity index (χ1n) is 0.404. The zero-order valence-corrected chi connectivity index (χ0v) is 7.48. The Hall–Kier alpha value is 1.38. The summed E-state index contributed by atoms with van der Waals surface area (Å²) in [6, 6.07) is 0. The molecule has 0 aliphatic heterocycles. The SMILES string of the molecule is SS.[O]=[BiH]. The standard InChI is InChI=1S/Bi.O.H2S2.H/c;;1-2;/h;;1-2H;. The third kappa shape index (κ3) is 10.0. The van der Waals surface area contributed by atoms with Crippen LogP contribution in [0.3, 0.4) is 0 Å². The zero-order valence-electron chi connectivity index (χ0n) is 1.80. The van der Waals surface area contributed by atoms with E-state index in [1.54, 1.807) is 0 Å². The van der Waals surface area contributed by atoms with Crippen molar-refractivity contribution in [3.05, 3.63) is 0 Å². The summed E-state index contributed by atoms with van der Waals surface area (Å²) < 4.78 is 8.39. The van der Waals surface area contributed by atoms with Gasteiger partial charge in [-0.25, -0.2) is 0 Å². The van der Waals surface area contributed by atoms with E-state index in [-0.39, 0.29) is 24.7 Å². The third-order valence-electron chi connectivity index (χ3n) is 0. The van der Waals surface area contributed by atoms with Gasteiger partial charge in [0, 0.05) is 0 Å². The van der Waals surface area contributed by atoms with Gasteiger partial charge in [-0.2, -0.15) is 0 Å². The second-order valence-electron chi connectivity index (χ2n) is 0. The maximum atomic E-state index is 8.39. The van der Waals surface area contributed by atoms with Gasteiger partial charge in [0.15, 0.2) is 0 Å². The zero-order chi connectivity index (χ0) is 4.00. The first-order valence-corrected chi connectivity index (χ1v) is 3.59. The van der Waals surface area contributed by atoms with Crippen molar-refractivity contribution in [3.63, 3.8) is 0 Å². The van der Waals surface area contributed by atoms with Gasteiger partial charge in [-0.1, -0.05) is 0 Å². The van der Waals surface area contributed by atoms with E-state index in [2.05, 4.69) is 23.3 Å². The van der Waals surface area contributed by atoms with E-state index < -0.39 is 0 Å². The topological polar surface area (TPSA) is 17.1 Å². The molecular formula is H3BiOS2. The van der Waals surface area contributed by atoms with Crippen molar-refractivity contribution in [1.29, 1.82) is 0 Å². The fourth-order valence-corrected chi connectivity index (χ4v) is 0. The monoisotopic (exact) mass is 292 g/mol. The van der Waals surface area contributed by atoms with E-state index >= 15 is 0 Å². The molecule has 0 heterocycles. The molecule has 0 saturated carbocycles. The van der Waals surface area contributed by atoms with Crippen LogP contribution in [0, 0.1) is 0 Å². The fourth-order valence-electron chi connectivity index (χ4n) is 0. The Kier molecular flexibility index (Phi) is 59.2. The van der Waals surface area contributed by atoms with Gasteiger partial charge in [-0.3, -0.25) is 0 Å². The van der Waals surface area contributed by atoms with Crippen LogP contribution in [0.1, 0.15) is 0 Å². The summed E-state index contributed by atoms with van der Waals surface area (Å²) in [4.78, 5) is 0. The summed E-state index contributed by atoms with van der Waals surface area (Å²) in [6.07, 6.45) is 0. The molecule has 0 radical (unpaired) electrons. The molecule has 0 fully saturated rings. The Morgan fingerprint density at radius 1 is 1.25 bits per heavy atom. The van der Waals surface area contributed by atoms with E-state index in [4.69, 9.17) is 2.81 Å². The number of hydrogen-bond acceptors (Lipinski definition) is 3. The van der Waals surface area contributed by atoms with Gasteiger partial charge in [0.1, 0.15) is 0 Å². The van der Waals surface area contributed by atoms with E-state index in [0.717, 1.165) is 0 Å². The van der Waals surface area contributed by atoms with Crippen LogP contribution in [0.25, 0.3) is 0 Å². The molecule has 0 N–H and O–H groups in total. The molecule has 1 nitrogen and oxygen atoms in total. The van der Waals surface area contributed by atoms with Crippen molar-refractivity contribution in [2.45, 2.75) is 0 Å². The molecule has 0 aliphatic rings. The molecule has 0 aromatic heterocycles. The minimum absolute atomic E-state index is 0.0556. The molecule has 4 heavy (non-hydrogen) atoms. The molecule has 26 valence electrons. The molecule has 0 saturated heterocycles. The average Bonchev–Trinajstić information content (AvgIpc) is 1.50. The summed E-state index contributed by atoms with van der Waals surface area (Å²) >= 11 is 6.50. The Bertz CT molecular complexity index is 6.00. The molecule has 0 unspecified atom stereocenters. The Labute approximate surface area is 50.7 Å². The van der Waals surface area contributed by atoms with Crippen LogP contribution in [0.4, 0.5) is 0 Å². The Balaban J connectivity index is 0. The Morgan fingerprint density at radius 3 is 1.25 bits per heavy atom. The van der Waals surface area contributed by atoms with E-state index in [1.165, 1.54) is 0 Å². The van der Waals surface area contributed by atoms with E-state index in [9.17, 15) is 0 Å². The first kappa shape index (κ1) is 9.04. The summed E-state index contributed by atoms with van der Waals surface area (Å²) in [5.74, 6) is 0. The van der Waals surface area contributed by atoms with Gasteiger partial charge in [-0.15, -0.1) is 23.3 Å². The predicted octanol–water partition coefficient (Wildman–Crippen LogP) is -0.00630. The van der Waals surface area contributed by atoms with Gasteiger partial charge < -0.3 is 0 Å². The van der Waals surface area contributed by atoms with Gasteiger partial charge in [0.2, 0.25) is 0 Å². The van der Waals surface area contributed by atoms with Crippen molar-refractivity contribution in [3.8, 4) is 0 Å². The molecular weight excluding hydrogens is 289 g/mol. The molecule has 0 amide bonds. The third-order valence-corrected chi connectivity index (χ3v) is 0. The fraction of sp³-hybridized carbons (Fsp3) is 0. The summed E-state index contributed by atoms with van der Waals surface area (Å²) in [5, 5.41) is 0. The van der Waals surface area contributed by atoms with Crippen molar-refractivity contribution >= 4 is 48.0 Å². The molecule has 0 aromatic rings. The van der Waals surface area contributed by atoms with Crippen LogP contribution in [0.2, 0.25) is 0 Å². The molecule has 0 aliphatic carbocycles. The summed E-state index contributed by atoms with van der Waals surface area (Å²) in [7, 11) is 0. The van der Waals surface area contributed by atoms with Crippen LogP contribution < -0.4 is 0 Å². The average molecular weight is 292 g/mol. The maximum absolute atomic E-state index is 8.39. The summed E-state index contributed by atoms with van der Waals surface area (Å²) in [5.41, 5.74) is 0. The number of rotatable bonds is 0. The minimum atomic E-state index is 0.0556. The molecule has 0 rings (SSSR count). The van der Waals surface area contributed by atoms with Crippen molar-refractivity contribution in [1.82, 2.24) is 0 Å². The predicted molar refractivity (Wildman–Crippen MR) is 25.8 cm³/mol. The molecule has 0 atom stereocenters. The molecule has 0 aromatic carbocycles. The normalized spacial score (nSPS) is 2.50.